The minimum Gasteiger partial charge on any atom is -0.383 e. The van der Waals surface area contributed by atoms with E-state index >= 15 is 0 Å². The van der Waals surface area contributed by atoms with Crippen molar-refractivity contribution in [2.45, 2.75) is 4.90 Å². The summed E-state index contributed by atoms with van der Waals surface area (Å²) in [5.74, 6) is 0.376. The second kappa shape index (κ2) is 4.68. The van der Waals surface area contributed by atoms with Crippen molar-refractivity contribution in [3.8, 4) is 11.1 Å². The van der Waals surface area contributed by atoms with E-state index in [1.54, 1.807) is 18.3 Å². The van der Waals surface area contributed by atoms with Crippen molar-refractivity contribution in [3.63, 3.8) is 0 Å². The Labute approximate surface area is 113 Å². The monoisotopic (exact) mass is 327 g/mol. The molecule has 0 aliphatic heterocycles. The van der Waals surface area contributed by atoms with Gasteiger partial charge in [0.1, 0.15) is 5.82 Å². The first-order valence-electron chi connectivity index (χ1n) is 4.92. The Hall–Kier alpha value is -1.44. The van der Waals surface area contributed by atoms with Crippen LogP contribution in [-0.2, 0) is 10.0 Å². The van der Waals surface area contributed by atoms with Gasteiger partial charge in [0.25, 0.3) is 0 Å². The maximum absolute atomic E-state index is 11.1. The number of halogens is 1. The minimum absolute atomic E-state index is 0.0628. The van der Waals surface area contributed by atoms with Gasteiger partial charge in [-0.1, -0.05) is 12.1 Å². The molecule has 94 valence electrons. The Morgan fingerprint density at radius 3 is 2.33 bits per heavy atom. The first-order valence-corrected chi connectivity index (χ1v) is 7.26. The number of sulfonamides is 1. The van der Waals surface area contributed by atoms with E-state index in [2.05, 4.69) is 20.9 Å². The first kappa shape index (κ1) is 13.0. The lowest BCUT2D eigenvalue weighted by Crippen LogP contribution is -2.11. The van der Waals surface area contributed by atoms with Gasteiger partial charge >= 0.3 is 0 Å². The quantitative estimate of drug-likeness (QED) is 0.877. The van der Waals surface area contributed by atoms with Gasteiger partial charge in [0.2, 0.25) is 10.0 Å². The molecule has 0 saturated carbocycles. The van der Waals surface area contributed by atoms with Crippen LogP contribution in [0.5, 0.6) is 0 Å². The van der Waals surface area contributed by atoms with E-state index in [0.717, 1.165) is 15.6 Å². The molecule has 0 atom stereocenters. The van der Waals surface area contributed by atoms with E-state index in [9.17, 15) is 8.42 Å². The standard InChI is InChI=1S/C11H10BrN3O2S/c12-8-5-10(11(13)15-6-8)7-1-3-9(4-2-7)18(14,16)17/h1-6H,(H2,13,15)(H2,14,16,17). The fourth-order valence-electron chi connectivity index (χ4n) is 1.51. The summed E-state index contributed by atoms with van der Waals surface area (Å²) in [5.41, 5.74) is 7.27. The average Bonchev–Trinajstić information content (AvgIpc) is 2.31. The molecule has 1 aromatic carbocycles. The van der Waals surface area contributed by atoms with Crippen LogP contribution in [0.15, 0.2) is 45.9 Å². The SMILES string of the molecule is Nc1ncc(Br)cc1-c1ccc(S(N)(=O)=O)cc1. The molecule has 0 saturated heterocycles. The minimum atomic E-state index is -3.68. The zero-order valence-corrected chi connectivity index (χ0v) is 11.6. The summed E-state index contributed by atoms with van der Waals surface area (Å²) in [7, 11) is -3.68. The van der Waals surface area contributed by atoms with Crippen molar-refractivity contribution in [1.82, 2.24) is 4.98 Å². The highest BCUT2D eigenvalue weighted by molar-refractivity contribution is 9.10. The van der Waals surface area contributed by atoms with Gasteiger partial charge in [0.15, 0.2) is 0 Å². The summed E-state index contributed by atoms with van der Waals surface area (Å²) in [6.07, 6.45) is 1.59. The molecule has 1 aromatic heterocycles. The van der Waals surface area contributed by atoms with Crippen molar-refractivity contribution in [2.75, 3.05) is 5.73 Å². The largest absolute Gasteiger partial charge is 0.383 e. The van der Waals surface area contributed by atoms with Crippen LogP contribution in [0.1, 0.15) is 0 Å². The van der Waals surface area contributed by atoms with E-state index in [-0.39, 0.29) is 4.90 Å². The Kier molecular flexibility index (Phi) is 3.38. The smallest absolute Gasteiger partial charge is 0.238 e. The van der Waals surface area contributed by atoms with Gasteiger partial charge < -0.3 is 5.73 Å². The predicted molar refractivity (Wildman–Crippen MR) is 73.2 cm³/mol. The number of nitrogen functional groups attached to an aromatic ring is 1. The fourth-order valence-corrected chi connectivity index (χ4v) is 2.35. The van der Waals surface area contributed by atoms with Crippen LogP contribution in [0.25, 0.3) is 11.1 Å². The highest BCUT2D eigenvalue weighted by atomic mass is 79.9. The van der Waals surface area contributed by atoms with Crippen LogP contribution in [-0.4, -0.2) is 13.4 Å². The third-order valence-corrected chi connectivity index (χ3v) is 3.74. The van der Waals surface area contributed by atoms with E-state index < -0.39 is 10.0 Å². The van der Waals surface area contributed by atoms with Crippen molar-refractivity contribution in [3.05, 3.63) is 41.0 Å². The molecule has 0 radical (unpaired) electrons. The molecular formula is C11H10BrN3O2S. The van der Waals surface area contributed by atoms with Crippen LogP contribution in [0.4, 0.5) is 5.82 Å². The third kappa shape index (κ3) is 2.69. The molecule has 0 aliphatic rings. The zero-order valence-electron chi connectivity index (χ0n) is 9.17. The molecule has 7 heteroatoms. The highest BCUT2D eigenvalue weighted by Gasteiger charge is 2.09. The predicted octanol–water partition coefficient (Wildman–Crippen LogP) is 1.74. The van der Waals surface area contributed by atoms with Crippen LogP contribution >= 0.6 is 15.9 Å². The summed E-state index contributed by atoms with van der Waals surface area (Å²) in [6, 6.07) is 7.96. The summed E-state index contributed by atoms with van der Waals surface area (Å²) in [4.78, 5) is 4.08. The molecule has 0 bridgehead atoms. The maximum atomic E-state index is 11.1. The molecule has 5 nitrogen and oxygen atoms in total. The first-order chi connectivity index (χ1) is 8.38. The third-order valence-electron chi connectivity index (χ3n) is 2.38. The number of primary sulfonamides is 1. The van der Waals surface area contributed by atoms with Gasteiger partial charge in [-0.15, -0.1) is 0 Å². The van der Waals surface area contributed by atoms with Gasteiger partial charge in [-0.25, -0.2) is 18.5 Å². The number of benzene rings is 1. The Bertz CT molecular complexity index is 684. The van der Waals surface area contributed by atoms with Crippen LogP contribution in [0, 0.1) is 0 Å². The molecule has 18 heavy (non-hydrogen) atoms. The number of pyridine rings is 1. The summed E-state index contributed by atoms with van der Waals surface area (Å²) in [5, 5.41) is 5.03. The lowest BCUT2D eigenvalue weighted by molar-refractivity contribution is 0.598. The molecule has 0 spiro atoms. The van der Waals surface area contributed by atoms with E-state index in [4.69, 9.17) is 10.9 Å². The molecule has 0 aliphatic carbocycles. The summed E-state index contributed by atoms with van der Waals surface area (Å²) >= 11 is 3.31. The average molecular weight is 328 g/mol. The topological polar surface area (TPSA) is 99.1 Å². The summed E-state index contributed by atoms with van der Waals surface area (Å²) < 4.78 is 23.1. The van der Waals surface area contributed by atoms with Crippen molar-refractivity contribution in [1.29, 1.82) is 0 Å². The van der Waals surface area contributed by atoms with Gasteiger partial charge in [-0.05, 0) is 39.7 Å². The van der Waals surface area contributed by atoms with Crippen LogP contribution in [0.2, 0.25) is 0 Å². The summed E-state index contributed by atoms with van der Waals surface area (Å²) in [6.45, 7) is 0. The van der Waals surface area contributed by atoms with Crippen LogP contribution in [0.3, 0.4) is 0 Å². The highest BCUT2D eigenvalue weighted by Crippen LogP contribution is 2.27. The molecular weight excluding hydrogens is 318 g/mol. The normalized spacial score (nSPS) is 11.4. The van der Waals surface area contributed by atoms with E-state index in [1.807, 2.05) is 6.07 Å². The Morgan fingerprint density at radius 2 is 1.78 bits per heavy atom. The van der Waals surface area contributed by atoms with Crippen LogP contribution < -0.4 is 10.9 Å². The second-order valence-electron chi connectivity index (χ2n) is 3.66. The number of aromatic nitrogens is 1. The molecule has 0 amide bonds. The van der Waals surface area contributed by atoms with Crippen molar-refractivity contribution in [2.24, 2.45) is 5.14 Å². The van der Waals surface area contributed by atoms with Gasteiger partial charge in [0.05, 0.1) is 4.90 Å². The molecule has 1 heterocycles. The van der Waals surface area contributed by atoms with Gasteiger partial charge in [0, 0.05) is 16.2 Å². The zero-order chi connectivity index (χ0) is 13.3. The lowest BCUT2D eigenvalue weighted by Gasteiger charge is -2.06. The number of nitrogens with zero attached hydrogens (tertiary/aromatic N) is 1. The van der Waals surface area contributed by atoms with Crippen molar-refractivity contribution >= 4 is 31.8 Å². The van der Waals surface area contributed by atoms with E-state index in [1.165, 1.54) is 12.1 Å². The van der Waals surface area contributed by atoms with Crippen molar-refractivity contribution < 1.29 is 8.42 Å². The maximum Gasteiger partial charge on any atom is 0.238 e. The lowest BCUT2D eigenvalue weighted by atomic mass is 10.1. The van der Waals surface area contributed by atoms with Gasteiger partial charge in [-0.3, -0.25) is 0 Å². The van der Waals surface area contributed by atoms with Gasteiger partial charge in [-0.2, -0.15) is 0 Å². The molecule has 2 rings (SSSR count). The second-order valence-corrected chi connectivity index (χ2v) is 6.13. The fraction of sp³-hybridized carbons (Fsp3) is 0. The number of hydrogen-bond donors (Lipinski definition) is 2. The Balaban J connectivity index is 2.50. The Morgan fingerprint density at radius 1 is 1.17 bits per heavy atom. The molecule has 0 unspecified atom stereocenters. The molecule has 4 N–H and O–H groups in total. The number of nitrogens with two attached hydrogens (primary N) is 2. The number of anilines is 1. The molecule has 2 aromatic rings. The van der Waals surface area contributed by atoms with E-state index in [0.29, 0.717) is 5.82 Å². The number of rotatable bonds is 2. The number of hydrogen-bond acceptors (Lipinski definition) is 4. The molecule has 0 fully saturated rings.